The fourth-order valence-electron chi connectivity index (χ4n) is 3.97. The first kappa shape index (κ1) is 23.2. The van der Waals surface area contributed by atoms with Crippen molar-refractivity contribution in [3.8, 4) is 11.3 Å². The lowest BCUT2D eigenvalue weighted by molar-refractivity contribution is -0.140. The normalized spacial score (nSPS) is 19.4. The molecule has 1 aliphatic carbocycles. The molecule has 1 aliphatic rings. The molecule has 0 radical (unpaired) electrons. The molecular weight excluding hydrogens is 451 g/mol. The topological polar surface area (TPSA) is 115 Å². The van der Waals surface area contributed by atoms with Crippen LogP contribution < -0.4 is 5.73 Å². The predicted molar refractivity (Wildman–Crippen MR) is 116 cm³/mol. The Kier molecular flexibility index (Phi) is 6.23. The van der Waals surface area contributed by atoms with E-state index in [4.69, 9.17) is 15.6 Å². The van der Waals surface area contributed by atoms with Gasteiger partial charge in [-0.2, -0.15) is 0 Å². The minimum atomic E-state index is -3.28. The van der Waals surface area contributed by atoms with E-state index < -0.39 is 47.7 Å². The first-order valence-corrected chi connectivity index (χ1v) is 10.4. The van der Waals surface area contributed by atoms with Gasteiger partial charge in [0.15, 0.2) is 6.10 Å². The van der Waals surface area contributed by atoms with E-state index in [1.807, 2.05) is 0 Å². The Morgan fingerprint density at radius 2 is 1.85 bits per heavy atom. The predicted octanol–water partition coefficient (Wildman–Crippen LogP) is 4.69. The van der Waals surface area contributed by atoms with Crippen LogP contribution in [0.5, 0.6) is 0 Å². The van der Waals surface area contributed by atoms with Crippen molar-refractivity contribution in [3.05, 3.63) is 77.4 Å². The summed E-state index contributed by atoms with van der Waals surface area (Å²) < 4.78 is 48.8. The van der Waals surface area contributed by atoms with E-state index in [1.165, 1.54) is 24.4 Å². The summed E-state index contributed by atoms with van der Waals surface area (Å²) in [4.78, 5) is 31.5. The minimum Gasteiger partial charge on any atom is -0.478 e. The molecular formula is C24H20F3N3O4. The van der Waals surface area contributed by atoms with Crippen LogP contribution in [0.4, 0.5) is 19.0 Å². The van der Waals surface area contributed by atoms with Crippen LogP contribution in [0.1, 0.15) is 51.6 Å². The van der Waals surface area contributed by atoms with Crippen molar-refractivity contribution >= 4 is 17.8 Å². The van der Waals surface area contributed by atoms with Crippen LogP contribution in [-0.4, -0.2) is 39.0 Å². The second-order valence-corrected chi connectivity index (χ2v) is 8.03. The van der Waals surface area contributed by atoms with Crippen LogP contribution in [-0.2, 0) is 4.74 Å². The van der Waals surface area contributed by atoms with Crippen molar-refractivity contribution in [2.24, 2.45) is 0 Å². The smallest absolute Gasteiger partial charge is 0.338 e. The Morgan fingerprint density at radius 1 is 1.12 bits per heavy atom. The van der Waals surface area contributed by atoms with Crippen molar-refractivity contribution in [2.45, 2.75) is 37.2 Å². The third-order valence-electron chi connectivity index (χ3n) is 5.74. The molecule has 34 heavy (non-hydrogen) atoms. The SMILES string of the molecule is Nc1nc(C2CCC(OC(=O)c3ccccc3)C(F)(F)C2)cnc1-c1ccc(C(=O)O)c(F)c1. The number of nitrogens with two attached hydrogens (primary N) is 1. The number of nitrogen functional groups attached to an aromatic ring is 1. The fraction of sp³-hybridized carbons (Fsp3) is 0.250. The molecule has 0 amide bonds. The summed E-state index contributed by atoms with van der Waals surface area (Å²) in [6.45, 7) is 0. The van der Waals surface area contributed by atoms with Gasteiger partial charge in [-0.1, -0.05) is 24.3 Å². The monoisotopic (exact) mass is 471 g/mol. The maximum absolute atomic E-state index is 14.8. The molecule has 2 atom stereocenters. The molecule has 7 nitrogen and oxygen atoms in total. The highest BCUT2D eigenvalue weighted by Gasteiger charge is 2.48. The summed E-state index contributed by atoms with van der Waals surface area (Å²) in [6, 6.07) is 11.3. The summed E-state index contributed by atoms with van der Waals surface area (Å²) in [6.07, 6.45) is -0.656. The number of carbonyl (C=O) groups is 2. The van der Waals surface area contributed by atoms with Crippen molar-refractivity contribution in [1.82, 2.24) is 9.97 Å². The van der Waals surface area contributed by atoms with E-state index in [0.717, 1.165) is 12.1 Å². The van der Waals surface area contributed by atoms with Gasteiger partial charge >= 0.3 is 11.9 Å². The number of carboxylic acid groups (broad SMARTS) is 1. The third-order valence-corrected chi connectivity index (χ3v) is 5.74. The number of ether oxygens (including phenoxy) is 1. The highest BCUT2D eigenvalue weighted by molar-refractivity contribution is 5.89. The van der Waals surface area contributed by atoms with Gasteiger partial charge in [-0.05, 0) is 37.1 Å². The van der Waals surface area contributed by atoms with Gasteiger partial charge in [0, 0.05) is 24.1 Å². The van der Waals surface area contributed by atoms with Crippen LogP contribution >= 0.6 is 0 Å². The number of aromatic carboxylic acids is 1. The maximum Gasteiger partial charge on any atom is 0.338 e. The van der Waals surface area contributed by atoms with Gasteiger partial charge in [-0.3, -0.25) is 4.98 Å². The Labute approximate surface area is 192 Å². The lowest BCUT2D eigenvalue weighted by Crippen LogP contribution is -2.42. The molecule has 4 rings (SSSR count). The number of carbonyl (C=O) groups excluding carboxylic acids is 1. The highest BCUT2D eigenvalue weighted by atomic mass is 19.3. The second kappa shape index (κ2) is 9.12. The van der Waals surface area contributed by atoms with Crippen LogP contribution in [0.3, 0.4) is 0 Å². The fourth-order valence-corrected chi connectivity index (χ4v) is 3.97. The summed E-state index contributed by atoms with van der Waals surface area (Å²) in [5.74, 6) is -7.23. The molecule has 0 bridgehead atoms. The first-order chi connectivity index (χ1) is 16.2. The van der Waals surface area contributed by atoms with Crippen LogP contribution in [0.15, 0.2) is 54.7 Å². The van der Waals surface area contributed by atoms with Crippen molar-refractivity contribution < 1.29 is 32.6 Å². The molecule has 0 saturated heterocycles. The molecule has 1 aromatic heterocycles. The molecule has 0 aliphatic heterocycles. The molecule has 10 heteroatoms. The quantitative estimate of drug-likeness (QED) is 0.519. The van der Waals surface area contributed by atoms with E-state index in [0.29, 0.717) is 0 Å². The molecule has 1 saturated carbocycles. The number of alkyl halides is 2. The summed E-state index contributed by atoms with van der Waals surface area (Å²) in [7, 11) is 0. The van der Waals surface area contributed by atoms with Gasteiger partial charge in [-0.25, -0.2) is 27.7 Å². The van der Waals surface area contributed by atoms with E-state index in [-0.39, 0.29) is 41.2 Å². The summed E-state index contributed by atoms with van der Waals surface area (Å²) >= 11 is 0. The standard InChI is InChI=1S/C24H20F3N3O4/c25-17-10-14(6-8-16(17)22(31)32)20-21(28)30-18(12-29-20)15-7-9-19(24(26,27)11-15)34-23(33)13-4-2-1-3-5-13/h1-6,8,10,12,15,19H,7,9,11H2,(H2,28,30)(H,31,32). The minimum absolute atomic E-state index is 0.0680. The second-order valence-electron chi connectivity index (χ2n) is 8.03. The molecule has 1 heterocycles. The Morgan fingerprint density at radius 3 is 2.47 bits per heavy atom. The number of halogens is 3. The number of aromatic nitrogens is 2. The maximum atomic E-state index is 14.8. The summed E-state index contributed by atoms with van der Waals surface area (Å²) in [5, 5.41) is 8.95. The number of esters is 1. The van der Waals surface area contributed by atoms with Crippen molar-refractivity contribution in [3.63, 3.8) is 0 Å². The number of carboxylic acids is 1. The van der Waals surface area contributed by atoms with Crippen LogP contribution in [0.25, 0.3) is 11.3 Å². The number of anilines is 1. The molecule has 2 aromatic carbocycles. The zero-order chi connectivity index (χ0) is 24.5. The van der Waals surface area contributed by atoms with E-state index >= 15 is 0 Å². The number of rotatable bonds is 5. The summed E-state index contributed by atoms with van der Waals surface area (Å²) in [5.41, 5.74) is 6.22. The number of benzene rings is 2. The van der Waals surface area contributed by atoms with Crippen LogP contribution in [0.2, 0.25) is 0 Å². The molecule has 2 unspecified atom stereocenters. The van der Waals surface area contributed by atoms with Gasteiger partial charge in [0.1, 0.15) is 17.3 Å². The average molecular weight is 471 g/mol. The average Bonchev–Trinajstić information content (AvgIpc) is 2.80. The number of hydrogen-bond acceptors (Lipinski definition) is 6. The molecule has 176 valence electrons. The Balaban J connectivity index is 1.48. The van der Waals surface area contributed by atoms with E-state index in [9.17, 15) is 22.8 Å². The molecule has 0 spiro atoms. The number of nitrogens with zero attached hydrogens (tertiary/aromatic N) is 2. The van der Waals surface area contributed by atoms with Crippen molar-refractivity contribution in [1.29, 1.82) is 0 Å². The third kappa shape index (κ3) is 4.70. The Bertz CT molecular complexity index is 1240. The van der Waals surface area contributed by atoms with Gasteiger partial charge in [-0.15, -0.1) is 0 Å². The van der Waals surface area contributed by atoms with Gasteiger partial charge < -0.3 is 15.6 Å². The lowest BCUT2D eigenvalue weighted by Gasteiger charge is -2.35. The van der Waals surface area contributed by atoms with Gasteiger partial charge in [0.05, 0.1) is 16.8 Å². The molecule has 3 N–H and O–H groups in total. The Hall–Kier alpha value is -3.95. The largest absolute Gasteiger partial charge is 0.478 e. The van der Waals surface area contributed by atoms with Crippen molar-refractivity contribution in [2.75, 3.05) is 5.73 Å². The van der Waals surface area contributed by atoms with Crippen LogP contribution in [0, 0.1) is 5.82 Å². The lowest BCUT2D eigenvalue weighted by atomic mass is 9.82. The number of hydrogen-bond donors (Lipinski definition) is 2. The van der Waals surface area contributed by atoms with E-state index in [1.54, 1.807) is 18.2 Å². The molecule has 3 aromatic rings. The highest BCUT2D eigenvalue weighted by Crippen LogP contribution is 2.43. The zero-order valence-electron chi connectivity index (χ0n) is 17.7. The molecule has 1 fully saturated rings. The zero-order valence-corrected chi connectivity index (χ0v) is 17.7. The van der Waals surface area contributed by atoms with Gasteiger partial charge in [0.2, 0.25) is 0 Å². The van der Waals surface area contributed by atoms with Gasteiger partial charge in [0.25, 0.3) is 5.92 Å². The van der Waals surface area contributed by atoms with E-state index in [2.05, 4.69) is 9.97 Å². The first-order valence-electron chi connectivity index (χ1n) is 10.4.